The Balaban J connectivity index is 1.80. The first-order chi connectivity index (χ1) is 16.6. The van der Waals surface area contributed by atoms with E-state index in [0.717, 1.165) is 27.4 Å². The summed E-state index contributed by atoms with van der Waals surface area (Å²) in [4.78, 5) is 28.9. The van der Waals surface area contributed by atoms with Crippen molar-refractivity contribution in [2.24, 2.45) is 0 Å². The van der Waals surface area contributed by atoms with E-state index in [1.165, 1.54) is 12.2 Å². The molecule has 0 saturated heterocycles. The molecule has 0 aliphatic rings. The molecule has 0 bridgehead atoms. The van der Waals surface area contributed by atoms with Crippen LogP contribution in [0.2, 0.25) is 0 Å². The normalized spacial score (nSPS) is 10.5. The second-order valence-corrected chi connectivity index (χ2v) is 7.34. The third-order valence-electron chi connectivity index (χ3n) is 5.00. The molecule has 0 unspecified atom stereocenters. The Labute approximate surface area is 196 Å². The first-order valence-electron chi connectivity index (χ1n) is 10.6. The quantitative estimate of drug-likeness (QED) is 0.245. The minimum Gasteiger partial charge on any atom is -0.445 e. The Bertz CT molecular complexity index is 1380. The highest BCUT2D eigenvalue weighted by Crippen LogP contribution is 2.35. The fourth-order valence-electron chi connectivity index (χ4n) is 3.56. The SMILES string of the molecule is C=CCOC(=O)Nc1ccc2c(c1)nc(-c1ccccc1)c1cc(NC(=O)OCC=C)ccc12. The molecular weight excluding hydrogens is 430 g/mol. The average molecular weight is 453 g/mol. The van der Waals surface area contributed by atoms with Gasteiger partial charge in [0.25, 0.3) is 0 Å². The zero-order chi connectivity index (χ0) is 23.9. The highest BCUT2D eigenvalue weighted by atomic mass is 16.6. The molecule has 170 valence electrons. The Morgan fingerprint density at radius 3 is 1.97 bits per heavy atom. The number of anilines is 2. The van der Waals surface area contributed by atoms with Crippen molar-refractivity contribution >= 4 is 45.2 Å². The van der Waals surface area contributed by atoms with Crippen LogP contribution in [0.25, 0.3) is 32.9 Å². The molecule has 2 amide bonds. The predicted octanol–water partition coefficient (Wildman–Crippen LogP) is 6.52. The van der Waals surface area contributed by atoms with Crippen LogP contribution in [0.1, 0.15) is 0 Å². The second-order valence-electron chi connectivity index (χ2n) is 7.34. The van der Waals surface area contributed by atoms with Crippen LogP contribution in [-0.2, 0) is 9.47 Å². The van der Waals surface area contributed by atoms with Gasteiger partial charge < -0.3 is 9.47 Å². The number of benzene rings is 3. The molecule has 34 heavy (non-hydrogen) atoms. The van der Waals surface area contributed by atoms with Gasteiger partial charge in [-0.1, -0.05) is 67.8 Å². The predicted molar refractivity (Wildman–Crippen MR) is 135 cm³/mol. The highest BCUT2D eigenvalue weighted by molar-refractivity contribution is 6.12. The zero-order valence-corrected chi connectivity index (χ0v) is 18.4. The zero-order valence-electron chi connectivity index (χ0n) is 18.4. The molecular formula is C27H23N3O4. The third-order valence-corrected chi connectivity index (χ3v) is 5.00. The Morgan fingerprint density at radius 2 is 1.35 bits per heavy atom. The number of nitrogens with one attached hydrogen (secondary N) is 2. The lowest BCUT2D eigenvalue weighted by molar-refractivity contribution is 0.173. The summed E-state index contributed by atoms with van der Waals surface area (Å²) in [6, 6.07) is 20.9. The van der Waals surface area contributed by atoms with Crippen molar-refractivity contribution in [2.45, 2.75) is 0 Å². The summed E-state index contributed by atoms with van der Waals surface area (Å²) in [5.41, 5.74) is 3.53. The van der Waals surface area contributed by atoms with Gasteiger partial charge in [0.15, 0.2) is 0 Å². The number of amides is 2. The first-order valence-corrected chi connectivity index (χ1v) is 10.6. The van der Waals surface area contributed by atoms with Gasteiger partial charge in [-0.25, -0.2) is 14.6 Å². The molecule has 0 aliphatic carbocycles. The second kappa shape index (κ2) is 10.3. The number of fused-ring (bicyclic) bond motifs is 3. The van der Waals surface area contributed by atoms with Gasteiger partial charge in [-0.15, -0.1) is 0 Å². The van der Waals surface area contributed by atoms with E-state index in [4.69, 9.17) is 14.5 Å². The Hall–Kier alpha value is -4.65. The number of carbonyl (C=O) groups excluding carboxylic acids is 2. The van der Waals surface area contributed by atoms with Gasteiger partial charge in [0.1, 0.15) is 13.2 Å². The van der Waals surface area contributed by atoms with Crippen LogP contribution in [0.15, 0.2) is 92.0 Å². The molecule has 7 nitrogen and oxygen atoms in total. The molecule has 0 aliphatic heterocycles. The molecule has 0 fully saturated rings. The number of hydrogen-bond donors (Lipinski definition) is 2. The monoisotopic (exact) mass is 453 g/mol. The summed E-state index contributed by atoms with van der Waals surface area (Å²) in [6.45, 7) is 7.32. The highest BCUT2D eigenvalue weighted by Gasteiger charge is 2.13. The van der Waals surface area contributed by atoms with Gasteiger partial charge >= 0.3 is 12.2 Å². The molecule has 4 rings (SSSR count). The molecule has 0 radical (unpaired) electrons. The van der Waals surface area contributed by atoms with Crippen molar-refractivity contribution in [3.05, 3.63) is 92.0 Å². The summed E-state index contributed by atoms with van der Waals surface area (Å²) in [7, 11) is 0. The van der Waals surface area contributed by atoms with Crippen LogP contribution in [0, 0.1) is 0 Å². The van der Waals surface area contributed by atoms with E-state index in [-0.39, 0.29) is 13.2 Å². The van der Waals surface area contributed by atoms with E-state index in [0.29, 0.717) is 16.9 Å². The van der Waals surface area contributed by atoms with Gasteiger partial charge in [-0.05, 0) is 29.7 Å². The standard InChI is InChI=1S/C27H23N3O4/c1-3-14-33-26(31)28-19-10-12-21-22-13-11-20(29-27(32)34-15-4-2)17-24(22)30-25(23(21)16-19)18-8-6-5-7-9-18/h3-13,16-17H,1-2,14-15H2,(H,28,31)(H,29,32). The van der Waals surface area contributed by atoms with Crippen LogP contribution in [0.5, 0.6) is 0 Å². The van der Waals surface area contributed by atoms with Crippen LogP contribution in [-0.4, -0.2) is 30.4 Å². The smallest absolute Gasteiger partial charge is 0.411 e. The maximum Gasteiger partial charge on any atom is 0.411 e. The number of carbonyl (C=O) groups is 2. The fraction of sp³-hybridized carbons (Fsp3) is 0.0741. The number of pyridine rings is 1. The molecule has 2 N–H and O–H groups in total. The largest absolute Gasteiger partial charge is 0.445 e. The molecule has 7 heteroatoms. The molecule has 0 saturated carbocycles. The van der Waals surface area contributed by atoms with Crippen molar-refractivity contribution in [1.82, 2.24) is 4.98 Å². The lowest BCUT2D eigenvalue weighted by Crippen LogP contribution is -2.13. The van der Waals surface area contributed by atoms with E-state index in [9.17, 15) is 9.59 Å². The number of ether oxygens (including phenoxy) is 2. The maximum absolute atomic E-state index is 12.0. The molecule has 4 aromatic rings. The fourth-order valence-corrected chi connectivity index (χ4v) is 3.56. The Morgan fingerprint density at radius 1 is 0.765 bits per heavy atom. The lowest BCUT2D eigenvalue weighted by Gasteiger charge is -2.13. The first kappa shape index (κ1) is 22.5. The molecule has 1 aromatic heterocycles. The maximum atomic E-state index is 12.0. The van der Waals surface area contributed by atoms with Crippen LogP contribution < -0.4 is 10.6 Å². The molecule has 1 heterocycles. The van der Waals surface area contributed by atoms with E-state index in [1.54, 1.807) is 12.1 Å². The van der Waals surface area contributed by atoms with E-state index >= 15 is 0 Å². The summed E-state index contributed by atoms with van der Waals surface area (Å²) < 4.78 is 10.0. The molecule has 0 atom stereocenters. The van der Waals surface area contributed by atoms with Crippen molar-refractivity contribution in [3.63, 3.8) is 0 Å². The van der Waals surface area contributed by atoms with Crippen molar-refractivity contribution in [2.75, 3.05) is 23.8 Å². The van der Waals surface area contributed by atoms with Crippen molar-refractivity contribution < 1.29 is 19.1 Å². The Kier molecular flexibility index (Phi) is 6.84. The van der Waals surface area contributed by atoms with Crippen molar-refractivity contribution in [3.8, 4) is 11.3 Å². The van der Waals surface area contributed by atoms with Crippen LogP contribution in [0.3, 0.4) is 0 Å². The number of nitrogens with zero attached hydrogens (tertiary/aromatic N) is 1. The van der Waals surface area contributed by atoms with Gasteiger partial charge in [-0.2, -0.15) is 0 Å². The summed E-state index contributed by atoms with van der Waals surface area (Å²) >= 11 is 0. The van der Waals surface area contributed by atoms with Gasteiger partial charge in [0.05, 0.1) is 11.2 Å². The van der Waals surface area contributed by atoms with Crippen LogP contribution in [0.4, 0.5) is 21.0 Å². The van der Waals surface area contributed by atoms with E-state index in [1.807, 2.05) is 54.6 Å². The topological polar surface area (TPSA) is 89.5 Å². The average Bonchev–Trinajstić information content (AvgIpc) is 2.86. The van der Waals surface area contributed by atoms with Gasteiger partial charge in [-0.3, -0.25) is 10.6 Å². The summed E-state index contributed by atoms with van der Waals surface area (Å²) in [5, 5.41) is 8.17. The number of hydrogen-bond acceptors (Lipinski definition) is 5. The summed E-state index contributed by atoms with van der Waals surface area (Å²) in [5.74, 6) is 0. The van der Waals surface area contributed by atoms with Crippen LogP contribution >= 0.6 is 0 Å². The number of aromatic nitrogens is 1. The van der Waals surface area contributed by atoms with E-state index in [2.05, 4.69) is 23.8 Å². The molecule has 0 spiro atoms. The third kappa shape index (κ3) is 5.05. The van der Waals surface area contributed by atoms with Crippen molar-refractivity contribution in [1.29, 1.82) is 0 Å². The van der Waals surface area contributed by atoms with Gasteiger partial charge in [0, 0.05) is 27.7 Å². The summed E-state index contributed by atoms with van der Waals surface area (Å²) in [6.07, 6.45) is 1.88. The minimum absolute atomic E-state index is 0.123. The number of rotatable bonds is 7. The lowest BCUT2D eigenvalue weighted by atomic mass is 9.99. The minimum atomic E-state index is -0.567. The van der Waals surface area contributed by atoms with E-state index < -0.39 is 12.2 Å². The molecule has 3 aromatic carbocycles. The van der Waals surface area contributed by atoms with Gasteiger partial charge in [0.2, 0.25) is 0 Å².